The highest BCUT2D eigenvalue weighted by molar-refractivity contribution is 5.97. The maximum atomic E-state index is 12.1. The van der Waals surface area contributed by atoms with E-state index in [1.165, 1.54) is 18.6 Å². The van der Waals surface area contributed by atoms with Crippen LogP contribution < -0.4 is 5.32 Å². The third kappa shape index (κ3) is 3.72. The van der Waals surface area contributed by atoms with Gasteiger partial charge in [0.15, 0.2) is 5.82 Å². The molecule has 0 aliphatic carbocycles. The molecular weight excluding hydrogens is 274 g/mol. The van der Waals surface area contributed by atoms with Gasteiger partial charge in [0.25, 0.3) is 5.91 Å². The number of carboxylic acids is 1. The molecule has 108 valence electrons. The standard InChI is InChI=1S/C13H13N5O3/c1-18-8-16-17-10(18)7-15-13(21)12-9(3-2-6-14-12)4-5-11(19)20/h2-6,8H,7H2,1H3,(H,15,21)(H,19,20)/b5-4+. The molecule has 0 radical (unpaired) electrons. The Labute approximate surface area is 120 Å². The molecule has 0 unspecified atom stereocenters. The van der Waals surface area contributed by atoms with Crippen molar-refractivity contribution in [2.75, 3.05) is 0 Å². The number of nitrogens with zero attached hydrogens (tertiary/aromatic N) is 4. The van der Waals surface area contributed by atoms with E-state index in [-0.39, 0.29) is 12.2 Å². The molecule has 2 aromatic heterocycles. The molecule has 2 aromatic rings. The first-order valence-corrected chi connectivity index (χ1v) is 6.05. The number of carbonyl (C=O) groups is 2. The Morgan fingerprint density at radius 3 is 2.95 bits per heavy atom. The molecule has 8 heteroatoms. The Bertz CT molecular complexity index is 693. The summed E-state index contributed by atoms with van der Waals surface area (Å²) in [4.78, 5) is 26.6. The average Bonchev–Trinajstić information content (AvgIpc) is 2.88. The van der Waals surface area contributed by atoms with Crippen LogP contribution in [0.3, 0.4) is 0 Å². The number of nitrogens with one attached hydrogen (secondary N) is 1. The van der Waals surface area contributed by atoms with Crippen molar-refractivity contribution in [3.63, 3.8) is 0 Å². The van der Waals surface area contributed by atoms with Crippen molar-refractivity contribution in [2.45, 2.75) is 6.54 Å². The third-order valence-electron chi connectivity index (χ3n) is 2.67. The second-order valence-electron chi connectivity index (χ2n) is 4.15. The van der Waals surface area contributed by atoms with Crippen molar-refractivity contribution >= 4 is 18.0 Å². The number of aromatic nitrogens is 4. The van der Waals surface area contributed by atoms with Crippen LogP contribution in [0.15, 0.2) is 30.7 Å². The van der Waals surface area contributed by atoms with E-state index < -0.39 is 11.9 Å². The van der Waals surface area contributed by atoms with Crippen LogP contribution in [0.2, 0.25) is 0 Å². The molecule has 2 rings (SSSR count). The van der Waals surface area contributed by atoms with E-state index in [1.807, 2.05) is 0 Å². The molecule has 0 bridgehead atoms. The minimum absolute atomic E-state index is 0.150. The third-order valence-corrected chi connectivity index (χ3v) is 2.67. The fourth-order valence-electron chi connectivity index (χ4n) is 1.61. The van der Waals surface area contributed by atoms with Crippen LogP contribution in [0.25, 0.3) is 6.08 Å². The van der Waals surface area contributed by atoms with E-state index in [0.717, 1.165) is 6.08 Å². The number of carbonyl (C=O) groups excluding carboxylic acids is 1. The maximum Gasteiger partial charge on any atom is 0.328 e. The Morgan fingerprint density at radius 1 is 1.48 bits per heavy atom. The summed E-state index contributed by atoms with van der Waals surface area (Å²) in [7, 11) is 1.77. The number of pyridine rings is 1. The summed E-state index contributed by atoms with van der Waals surface area (Å²) < 4.78 is 1.68. The largest absolute Gasteiger partial charge is 0.478 e. The summed E-state index contributed by atoms with van der Waals surface area (Å²) in [5.41, 5.74) is 0.576. The Hall–Kier alpha value is -3.03. The lowest BCUT2D eigenvalue weighted by molar-refractivity contribution is -0.131. The number of aliphatic carboxylic acids is 1. The van der Waals surface area contributed by atoms with Gasteiger partial charge in [-0.25, -0.2) is 4.79 Å². The van der Waals surface area contributed by atoms with Crippen molar-refractivity contribution in [3.8, 4) is 0 Å². The quantitative estimate of drug-likeness (QED) is 0.762. The first-order chi connectivity index (χ1) is 10.1. The summed E-state index contributed by atoms with van der Waals surface area (Å²) in [6, 6.07) is 3.24. The molecule has 0 saturated heterocycles. The van der Waals surface area contributed by atoms with E-state index >= 15 is 0 Å². The van der Waals surface area contributed by atoms with Crippen molar-refractivity contribution in [1.29, 1.82) is 0 Å². The minimum atomic E-state index is -1.09. The van der Waals surface area contributed by atoms with Gasteiger partial charge in [0, 0.05) is 24.9 Å². The van der Waals surface area contributed by atoms with E-state index in [2.05, 4.69) is 20.5 Å². The van der Waals surface area contributed by atoms with Gasteiger partial charge in [-0.05, 0) is 12.1 Å². The first kappa shape index (κ1) is 14.4. The minimum Gasteiger partial charge on any atom is -0.478 e. The van der Waals surface area contributed by atoms with Crippen LogP contribution in [0.5, 0.6) is 0 Å². The maximum absolute atomic E-state index is 12.1. The summed E-state index contributed by atoms with van der Waals surface area (Å²) in [6.07, 6.45) is 5.28. The van der Waals surface area contributed by atoms with E-state index in [4.69, 9.17) is 5.11 Å². The molecule has 0 aromatic carbocycles. The molecular formula is C13H13N5O3. The zero-order chi connectivity index (χ0) is 15.2. The van der Waals surface area contributed by atoms with Crippen LogP contribution in [-0.4, -0.2) is 36.7 Å². The van der Waals surface area contributed by atoms with Gasteiger partial charge in [0.05, 0.1) is 6.54 Å². The number of rotatable bonds is 5. The van der Waals surface area contributed by atoms with Crippen molar-refractivity contribution in [2.24, 2.45) is 7.05 Å². The molecule has 0 saturated carbocycles. The fourth-order valence-corrected chi connectivity index (χ4v) is 1.61. The molecule has 0 spiro atoms. The molecule has 0 atom stereocenters. The highest BCUT2D eigenvalue weighted by Gasteiger charge is 2.12. The number of aryl methyl sites for hydroxylation is 1. The van der Waals surface area contributed by atoms with E-state index in [0.29, 0.717) is 11.4 Å². The molecule has 0 aliphatic heterocycles. The lowest BCUT2D eigenvalue weighted by Gasteiger charge is -2.06. The van der Waals surface area contributed by atoms with E-state index in [1.54, 1.807) is 23.7 Å². The molecule has 8 nitrogen and oxygen atoms in total. The summed E-state index contributed by atoms with van der Waals surface area (Å²) in [5, 5.41) is 18.9. The monoisotopic (exact) mass is 287 g/mol. The van der Waals surface area contributed by atoms with Gasteiger partial charge in [0.2, 0.25) is 0 Å². The smallest absolute Gasteiger partial charge is 0.328 e. The molecule has 0 aliphatic rings. The molecule has 21 heavy (non-hydrogen) atoms. The highest BCUT2D eigenvalue weighted by atomic mass is 16.4. The van der Waals surface area contributed by atoms with Crippen LogP contribution in [0, 0.1) is 0 Å². The van der Waals surface area contributed by atoms with Gasteiger partial charge in [-0.1, -0.05) is 6.07 Å². The molecule has 1 amide bonds. The van der Waals surface area contributed by atoms with Crippen LogP contribution >= 0.6 is 0 Å². The van der Waals surface area contributed by atoms with Crippen LogP contribution in [0.1, 0.15) is 21.9 Å². The predicted octanol–water partition coefficient (Wildman–Crippen LogP) is 0.238. The Kier molecular flexibility index (Phi) is 4.39. The lowest BCUT2D eigenvalue weighted by Crippen LogP contribution is -2.26. The number of amides is 1. The zero-order valence-corrected chi connectivity index (χ0v) is 11.2. The van der Waals surface area contributed by atoms with Gasteiger partial charge in [-0.15, -0.1) is 10.2 Å². The van der Waals surface area contributed by atoms with Crippen molar-refractivity contribution in [3.05, 3.63) is 47.8 Å². The van der Waals surface area contributed by atoms with Gasteiger partial charge in [0.1, 0.15) is 12.0 Å². The van der Waals surface area contributed by atoms with Gasteiger partial charge >= 0.3 is 5.97 Å². The lowest BCUT2D eigenvalue weighted by atomic mass is 10.1. The Balaban J connectivity index is 2.12. The van der Waals surface area contributed by atoms with Crippen molar-refractivity contribution < 1.29 is 14.7 Å². The summed E-state index contributed by atoms with van der Waals surface area (Å²) >= 11 is 0. The van der Waals surface area contributed by atoms with Gasteiger partial charge in [-0.2, -0.15) is 0 Å². The van der Waals surface area contributed by atoms with Crippen molar-refractivity contribution in [1.82, 2.24) is 25.1 Å². The Morgan fingerprint density at radius 2 is 2.29 bits per heavy atom. The number of carboxylic acid groups (broad SMARTS) is 1. The number of hydrogen-bond acceptors (Lipinski definition) is 5. The van der Waals surface area contributed by atoms with Gasteiger partial charge in [-0.3, -0.25) is 9.78 Å². The fraction of sp³-hybridized carbons (Fsp3) is 0.154. The number of hydrogen-bond donors (Lipinski definition) is 2. The highest BCUT2D eigenvalue weighted by Crippen LogP contribution is 2.08. The second kappa shape index (κ2) is 6.42. The van der Waals surface area contributed by atoms with Gasteiger partial charge < -0.3 is 15.0 Å². The predicted molar refractivity (Wildman–Crippen MR) is 73.1 cm³/mol. The topological polar surface area (TPSA) is 110 Å². The molecule has 2 heterocycles. The SMILES string of the molecule is Cn1cnnc1CNC(=O)c1ncccc1/C=C/C(=O)O. The van der Waals surface area contributed by atoms with Crippen LogP contribution in [0.4, 0.5) is 0 Å². The first-order valence-electron chi connectivity index (χ1n) is 6.05. The normalized spacial score (nSPS) is 10.7. The van der Waals surface area contributed by atoms with Crippen LogP contribution in [-0.2, 0) is 18.4 Å². The molecule has 0 fully saturated rings. The zero-order valence-electron chi connectivity index (χ0n) is 11.2. The summed E-state index contributed by atoms with van der Waals surface area (Å²) in [5.74, 6) is -0.908. The summed E-state index contributed by atoms with van der Waals surface area (Å²) in [6.45, 7) is 0.202. The van der Waals surface area contributed by atoms with E-state index in [9.17, 15) is 9.59 Å². The average molecular weight is 287 g/mol. The molecule has 2 N–H and O–H groups in total. The second-order valence-corrected chi connectivity index (χ2v) is 4.15.